The second-order valence-electron chi connectivity index (χ2n) is 10.8. The first-order chi connectivity index (χ1) is 16.4. The Hall–Kier alpha value is -2.75. The van der Waals surface area contributed by atoms with Crippen molar-refractivity contribution in [2.45, 2.75) is 63.9 Å². The van der Waals surface area contributed by atoms with Crippen molar-refractivity contribution in [3.63, 3.8) is 0 Å². The van der Waals surface area contributed by atoms with Crippen molar-refractivity contribution in [3.8, 4) is 11.8 Å². The topological polar surface area (TPSA) is 82.9 Å². The van der Waals surface area contributed by atoms with Crippen LogP contribution in [-0.2, 0) is 16.0 Å². The summed E-state index contributed by atoms with van der Waals surface area (Å²) in [5.41, 5.74) is 1.10. The van der Waals surface area contributed by atoms with Gasteiger partial charge in [-0.1, -0.05) is 6.07 Å². The average Bonchev–Trinajstić information content (AvgIpc) is 3.71. The number of benzene rings is 1. The van der Waals surface area contributed by atoms with E-state index in [4.69, 9.17) is 9.47 Å². The molecule has 2 heterocycles. The molecule has 7 nitrogen and oxygen atoms in total. The van der Waals surface area contributed by atoms with Gasteiger partial charge >= 0.3 is 6.09 Å². The van der Waals surface area contributed by atoms with Crippen molar-refractivity contribution >= 4 is 12.0 Å². The molecule has 34 heavy (non-hydrogen) atoms. The Kier molecular flexibility index (Phi) is 6.42. The fraction of sp³-hybridized carbons (Fsp3) is 0.667. The van der Waals surface area contributed by atoms with E-state index in [1.807, 2.05) is 28.9 Å². The summed E-state index contributed by atoms with van der Waals surface area (Å²) < 4.78 is 11.6. The third kappa shape index (κ3) is 5.32. The standard InChI is InChI=1S/C27H35N3O4/c1-27(8-9-27)34-26(32)30-12-5-19(6-13-30)24-16-21(24)7-14-33-23-4-3-20(22(15-23)18-28)17-25(31)29-10-2-11-29/h3-4,15,19,21,24H,2,5-14,16-17H2,1H3. The number of nitrogens with zero attached hydrogens (tertiary/aromatic N) is 3. The third-order valence-corrected chi connectivity index (χ3v) is 8.18. The number of hydrogen-bond donors (Lipinski definition) is 0. The third-order valence-electron chi connectivity index (χ3n) is 8.18. The molecule has 4 fully saturated rings. The van der Waals surface area contributed by atoms with Gasteiger partial charge in [0.1, 0.15) is 11.4 Å². The average molecular weight is 466 g/mol. The Morgan fingerprint density at radius 2 is 1.91 bits per heavy atom. The number of piperidine rings is 1. The normalized spacial score (nSPS) is 25.2. The second-order valence-corrected chi connectivity index (χ2v) is 10.8. The van der Waals surface area contributed by atoms with E-state index in [0.717, 1.165) is 76.2 Å². The zero-order valence-corrected chi connectivity index (χ0v) is 20.1. The molecular formula is C27H35N3O4. The number of amides is 2. The summed E-state index contributed by atoms with van der Waals surface area (Å²) in [4.78, 5) is 28.2. The van der Waals surface area contributed by atoms with Crippen LogP contribution in [0.4, 0.5) is 4.79 Å². The zero-order chi connectivity index (χ0) is 23.7. The molecule has 0 N–H and O–H groups in total. The van der Waals surface area contributed by atoms with E-state index < -0.39 is 0 Å². The fourth-order valence-corrected chi connectivity index (χ4v) is 5.32. The summed E-state index contributed by atoms with van der Waals surface area (Å²) in [6.07, 6.45) is 7.59. The molecule has 5 rings (SSSR count). The fourth-order valence-electron chi connectivity index (χ4n) is 5.32. The van der Waals surface area contributed by atoms with Crippen LogP contribution in [0.5, 0.6) is 5.75 Å². The Balaban J connectivity index is 1.02. The van der Waals surface area contributed by atoms with Gasteiger partial charge in [-0.25, -0.2) is 4.79 Å². The van der Waals surface area contributed by atoms with Crippen LogP contribution in [0.3, 0.4) is 0 Å². The lowest BCUT2D eigenvalue weighted by Gasteiger charge is -2.32. The highest BCUT2D eigenvalue weighted by Gasteiger charge is 2.45. The van der Waals surface area contributed by atoms with E-state index in [2.05, 4.69) is 6.07 Å². The summed E-state index contributed by atoms with van der Waals surface area (Å²) in [5.74, 6) is 2.92. The first-order valence-corrected chi connectivity index (χ1v) is 12.9. The number of hydrogen-bond acceptors (Lipinski definition) is 5. The van der Waals surface area contributed by atoms with Gasteiger partial charge in [0, 0.05) is 26.2 Å². The molecule has 0 bridgehead atoms. The maximum absolute atomic E-state index is 12.3. The SMILES string of the molecule is CC1(OC(=O)N2CCC(C3CC3CCOc3ccc(CC(=O)N4CCC4)c(C#N)c3)CC2)CC1. The first kappa shape index (κ1) is 23.0. The number of carbonyl (C=O) groups excluding carboxylic acids is 2. The van der Waals surface area contributed by atoms with Gasteiger partial charge in [-0.05, 0) is 87.3 Å². The lowest BCUT2D eigenvalue weighted by atomic mass is 9.91. The quantitative estimate of drug-likeness (QED) is 0.576. The molecule has 7 heteroatoms. The minimum absolute atomic E-state index is 0.0936. The van der Waals surface area contributed by atoms with Crippen molar-refractivity contribution in [1.82, 2.24) is 9.80 Å². The predicted octanol–water partition coefficient (Wildman–Crippen LogP) is 4.14. The largest absolute Gasteiger partial charge is 0.494 e. The van der Waals surface area contributed by atoms with Crippen molar-refractivity contribution in [3.05, 3.63) is 29.3 Å². The van der Waals surface area contributed by atoms with Gasteiger partial charge in [0.15, 0.2) is 0 Å². The number of nitriles is 1. The van der Waals surface area contributed by atoms with Gasteiger partial charge in [0.25, 0.3) is 0 Å². The maximum Gasteiger partial charge on any atom is 0.410 e. The second kappa shape index (κ2) is 9.48. The number of likely N-dealkylation sites (tertiary alicyclic amines) is 2. The predicted molar refractivity (Wildman–Crippen MR) is 126 cm³/mol. The van der Waals surface area contributed by atoms with E-state index in [0.29, 0.717) is 29.8 Å². The van der Waals surface area contributed by atoms with Gasteiger partial charge in [0.2, 0.25) is 5.91 Å². The molecule has 2 amide bonds. The van der Waals surface area contributed by atoms with E-state index in [9.17, 15) is 14.9 Å². The van der Waals surface area contributed by atoms with Crippen molar-refractivity contribution in [1.29, 1.82) is 5.26 Å². The lowest BCUT2D eigenvalue weighted by molar-refractivity contribution is -0.133. The molecule has 182 valence electrons. The zero-order valence-electron chi connectivity index (χ0n) is 20.1. The van der Waals surface area contributed by atoms with E-state index in [-0.39, 0.29) is 24.0 Å². The summed E-state index contributed by atoms with van der Waals surface area (Å²) in [5, 5.41) is 9.52. The molecule has 2 aliphatic heterocycles. The Morgan fingerprint density at radius 3 is 2.56 bits per heavy atom. The maximum atomic E-state index is 12.3. The van der Waals surface area contributed by atoms with Gasteiger partial charge in [-0.2, -0.15) is 5.26 Å². The van der Waals surface area contributed by atoms with Crippen molar-refractivity contribution < 1.29 is 19.1 Å². The molecule has 1 aromatic carbocycles. The highest BCUT2D eigenvalue weighted by Crippen LogP contribution is 2.50. The summed E-state index contributed by atoms with van der Waals surface area (Å²) >= 11 is 0. The van der Waals surface area contributed by atoms with Crippen molar-refractivity contribution in [2.75, 3.05) is 32.8 Å². The smallest absolute Gasteiger partial charge is 0.410 e. The Morgan fingerprint density at radius 1 is 1.15 bits per heavy atom. The Labute approximate surface area is 202 Å². The minimum atomic E-state index is -0.199. The molecule has 0 spiro atoms. The van der Waals surface area contributed by atoms with E-state index in [1.54, 1.807) is 6.07 Å². The van der Waals surface area contributed by atoms with Crippen LogP contribution >= 0.6 is 0 Å². The van der Waals surface area contributed by atoms with Crippen LogP contribution in [0, 0.1) is 29.1 Å². The van der Waals surface area contributed by atoms with Crippen LogP contribution < -0.4 is 4.74 Å². The molecule has 2 saturated heterocycles. The van der Waals surface area contributed by atoms with Crippen LogP contribution in [0.15, 0.2) is 18.2 Å². The van der Waals surface area contributed by atoms with E-state index in [1.165, 1.54) is 6.42 Å². The molecule has 2 unspecified atom stereocenters. The minimum Gasteiger partial charge on any atom is -0.494 e. The first-order valence-electron chi connectivity index (χ1n) is 12.9. The molecule has 2 saturated carbocycles. The summed E-state index contributed by atoms with van der Waals surface area (Å²) in [6, 6.07) is 7.71. The summed E-state index contributed by atoms with van der Waals surface area (Å²) in [7, 11) is 0. The van der Waals surface area contributed by atoms with Crippen LogP contribution in [-0.4, -0.2) is 60.2 Å². The number of rotatable bonds is 8. The van der Waals surface area contributed by atoms with Crippen LogP contribution in [0.1, 0.15) is 63.0 Å². The van der Waals surface area contributed by atoms with Crippen molar-refractivity contribution in [2.24, 2.45) is 17.8 Å². The van der Waals surface area contributed by atoms with Gasteiger partial charge in [-0.15, -0.1) is 0 Å². The van der Waals surface area contributed by atoms with Gasteiger partial charge in [0.05, 0.1) is 24.7 Å². The van der Waals surface area contributed by atoms with Crippen LogP contribution in [0.2, 0.25) is 0 Å². The van der Waals surface area contributed by atoms with Gasteiger partial charge in [-0.3, -0.25) is 4.79 Å². The molecule has 1 aromatic rings. The van der Waals surface area contributed by atoms with Crippen LogP contribution in [0.25, 0.3) is 0 Å². The molecule has 0 radical (unpaired) electrons. The molecular weight excluding hydrogens is 430 g/mol. The number of ether oxygens (including phenoxy) is 2. The van der Waals surface area contributed by atoms with Gasteiger partial charge < -0.3 is 19.3 Å². The molecule has 2 aliphatic carbocycles. The molecule has 0 aromatic heterocycles. The Bertz CT molecular complexity index is 971. The molecule has 2 atom stereocenters. The highest BCUT2D eigenvalue weighted by atomic mass is 16.6. The highest BCUT2D eigenvalue weighted by molar-refractivity contribution is 5.80. The summed E-state index contributed by atoms with van der Waals surface area (Å²) in [6.45, 7) is 5.93. The monoisotopic (exact) mass is 465 g/mol. The van der Waals surface area contributed by atoms with E-state index >= 15 is 0 Å². The lowest BCUT2D eigenvalue weighted by Crippen LogP contribution is -2.42. The molecule has 4 aliphatic rings. The number of carbonyl (C=O) groups is 2.